The second-order valence-electron chi connectivity index (χ2n) is 4.24. The molecule has 0 saturated heterocycles. The first-order valence-electron chi connectivity index (χ1n) is 5.68. The second-order valence-corrected chi connectivity index (χ2v) is 4.24. The fourth-order valence-electron chi connectivity index (χ4n) is 2.02. The fourth-order valence-corrected chi connectivity index (χ4v) is 2.02. The SMILES string of the molecule is COC(=O)CC(O)CNCC1CCCC1. The number of rotatable bonds is 6. The summed E-state index contributed by atoms with van der Waals surface area (Å²) in [5, 5.41) is 12.7. The molecule has 2 N–H and O–H groups in total. The summed E-state index contributed by atoms with van der Waals surface area (Å²) in [7, 11) is 1.33. The fraction of sp³-hybridized carbons (Fsp3) is 0.909. The highest BCUT2D eigenvalue weighted by atomic mass is 16.5. The number of aliphatic hydroxyl groups is 1. The molecule has 1 aliphatic rings. The van der Waals surface area contributed by atoms with Gasteiger partial charge in [-0.1, -0.05) is 12.8 Å². The van der Waals surface area contributed by atoms with E-state index in [-0.39, 0.29) is 12.4 Å². The Bertz CT molecular complexity index is 190. The van der Waals surface area contributed by atoms with Crippen LogP contribution in [0.5, 0.6) is 0 Å². The van der Waals surface area contributed by atoms with E-state index in [4.69, 9.17) is 0 Å². The summed E-state index contributed by atoms with van der Waals surface area (Å²) in [5.74, 6) is 0.403. The highest BCUT2D eigenvalue weighted by molar-refractivity contribution is 5.69. The van der Waals surface area contributed by atoms with E-state index in [1.807, 2.05) is 0 Å². The summed E-state index contributed by atoms with van der Waals surface area (Å²) in [6.07, 6.45) is 4.70. The molecule has 4 nitrogen and oxygen atoms in total. The minimum Gasteiger partial charge on any atom is -0.469 e. The number of aliphatic hydroxyl groups excluding tert-OH is 1. The van der Waals surface area contributed by atoms with Crippen LogP contribution < -0.4 is 5.32 Å². The third-order valence-corrected chi connectivity index (χ3v) is 2.92. The van der Waals surface area contributed by atoms with Gasteiger partial charge in [-0.05, 0) is 25.3 Å². The Kier molecular flexibility index (Phi) is 5.65. The lowest BCUT2D eigenvalue weighted by atomic mass is 10.1. The van der Waals surface area contributed by atoms with Crippen molar-refractivity contribution in [2.45, 2.75) is 38.2 Å². The molecule has 0 aromatic heterocycles. The monoisotopic (exact) mass is 215 g/mol. The van der Waals surface area contributed by atoms with E-state index in [0.717, 1.165) is 12.5 Å². The molecule has 1 fully saturated rings. The van der Waals surface area contributed by atoms with Gasteiger partial charge in [0.15, 0.2) is 0 Å². The first-order chi connectivity index (χ1) is 7.22. The number of ether oxygens (including phenoxy) is 1. The van der Waals surface area contributed by atoms with Crippen LogP contribution in [0.15, 0.2) is 0 Å². The van der Waals surface area contributed by atoms with Gasteiger partial charge in [0.1, 0.15) is 0 Å². The third-order valence-electron chi connectivity index (χ3n) is 2.92. The van der Waals surface area contributed by atoms with Gasteiger partial charge in [0.05, 0.1) is 19.6 Å². The minimum atomic E-state index is -0.626. The summed E-state index contributed by atoms with van der Waals surface area (Å²) in [4.78, 5) is 10.8. The maximum absolute atomic E-state index is 10.8. The number of hydrogen-bond donors (Lipinski definition) is 2. The maximum Gasteiger partial charge on any atom is 0.308 e. The molecule has 0 aliphatic heterocycles. The van der Waals surface area contributed by atoms with Gasteiger partial charge in [-0.15, -0.1) is 0 Å². The molecule has 0 spiro atoms. The van der Waals surface area contributed by atoms with E-state index in [2.05, 4.69) is 10.1 Å². The number of nitrogens with one attached hydrogen (secondary N) is 1. The average Bonchev–Trinajstić information content (AvgIpc) is 2.70. The molecule has 15 heavy (non-hydrogen) atoms. The zero-order valence-electron chi connectivity index (χ0n) is 9.37. The van der Waals surface area contributed by atoms with Crippen molar-refractivity contribution < 1.29 is 14.6 Å². The Balaban J connectivity index is 2.00. The number of hydrogen-bond acceptors (Lipinski definition) is 4. The summed E-state index contributed by atoms with van der Waals surface area (Å²) < 4.78 is 4.47. The van der Waals surface area contributed by atoms with Gasteiger partial charge in [-0.2, -0.15) is 0 Å². The van der Waals surface area contributed by atoms with Crippen LogP contribution in [0.4, 0.5) is 0 Å². The molecule has 88 valence electrons. The van der Waals surface area contributed by atoms with Crippen molar-refractivity contribution in [3.8, 4) is 0 Å². The van der Waals surface area contributed by atoms with E-state index in [1.54, 1.807) is 0 Å². The van der Waals surface area contributed by atoms with Gasteiger partial charge < -0.3 is 15.2 Å². The first kappa shape index (κ1) is 12.5. The second kappa shape index (κ2) is 6.80. The molecule has 0 bridgehead atoms. The lowest BCUT2D eigenvalue weighted by molar-refractivity contribution is -0.142. The molecule has 0 aromatic carbocycles. The highest BCUT2D eigenvalue weighted by Gasteiger charge is 2.15. The normalized spacial score (nSPS) is 19.1. The van der Waals surface area contributed by atoms with E-state index in [1.165, 1.54) is 32.8 Å². The first-order valence-corrected chi connectivity index (χ1v) is 5.68. The Hall–Kier alpha value is -0.610. The van der Waals surface area contributed by atoms with E-state index in [9.17, 15) is 9.90 Å². The summed E-state index contributed by atoms with van der Waals surface area (Å²) in [6, 6.07) is 0. The van der Waals surface area contributed by atoms with E-state index >= 15 is 0 Å². The van der Waals surface area contributed by atoms with Crippen LogP contribution in [0.3, 0.4) is 0 Å². The Morgan fingerprint density at radius 2 is 2.20 bits per heavy atom. The van der Waals surface area contributed by atoms with Crippen molar-refractivity contribution in [3.05, 3.63) is 0 Å². The molecule has 0 radical (unpaired) electrons. The van der Waals surface area contributed by atoms with Crippen molar-refractivity contribution in [1.29, 1.82) is 0 Å². The third kappa shape index (κ3) is 5.14. The summed E-state index contributed by atoms with van der Waals surface area (Å²) >= 11 is 0. The predicted octanol–water partition coefficient (Wildman–Crippen LogP) is 0.690. The van der Waals surface area contributed by atoms with Gasteiger partial charge in [0.2, 0.25) is 0 Å². The Morgan fingerprint density at radius 1 is 1.53 bits per heavy atom. The van der Waals surface area contributed by atoms with E-state index in [0.29, 0.717) is 6.54 Å². The molecule has 0 amide bonds. The van der Waals surface area contributed by atoms with Gasteiger partial charge in [0, 0.05) is 6.54 Å². The number of carbonyl (C=O) groups is 1. The summed E-state index contributed by atoms with van der Waals surface area (Å²) in [5.41, 5.74) is 0. The topological polar surface area (TPSA) is 58.6 Å². The molecule has 1 atom stereocenters. The van der Waals surface area contributed by atoms with Gasteiger partial charge in [0.25, 0.3) is 0 Å². The molecule has 1 aliphatic carbocycles. The Labute approximate surface area is 91.0 Å². The zero-order valence-corrected chi connectivity index (χ0v) is 9.37. The van der Waals surface area contributed by atoms with Crippen molar-refractivity contribution in [2.75, 3.05) is 20.2 Å². The van der Waals surface area contributed by atoms with Crippen LogP contribution in [-0.4, -0.2) is 37.4 Å². The predicted molar refractivity (Wildman–Crippen MR) is 57.5 cm³/mol. The highest BCUT2D eigenvalue weighted by Crippen LogP contribution is 2.23. The van der Waals surface area contributed by atoms with Gasteiger partial charge in [-0.25, -0.2) is 0 Å². The largest absolute Gasteiger partial charge is 0.469 e. The van der Waals surface area contributed by atoms with Crippen LogP contribution >= 0.6 is 0 Å². The van der Waals surface area contributed by atoms with Crippen molar-refractivity contribution >= 4 is 5.97 Å². The average molecular weight is 215 g/mol. The molecule has 1 rings (SSSR count). The van der Waals surface area contributed by atoms with Gasteiger partial charge in [-0.3, -0.25) is 4.79 Å². The van der Waals surface area contributed by atoms with Crippen molar-refractivity contribution in [1.82, 2.24) is 5.32 Å². The lowest BCUT2D eigenvalue weighted by Gasteiger charge is -2.13. The van der Waals surface area contributed by atoms with Crippen LogP contribution in [0, 0.1) is 5.92 Å². The molecular weight excluding hydrogens is 194 g/mol. The summed E-state index contributed by atoms with van der Waals surface area (Å²) in [6.45, 7) is 1.43. The Morgan fingerprint density at radius 3 is 2.80 bits per heavy atom. The maximum atomic E-state index is 10.8. The van der Waals surface area contributed by atoms with Crippen LogP contribution in [-0.2, 0) is 9.53 Å². The van der Waals surface area contributed by atoms with Crippen molar-refractivity contribution in [2.24, 2.45) is 5.92 Å². The quantitative estimate of drug-likeness (QED) is 0.640. The van der Waals surface area contributed by atoms with Crippen molar-refractivity contribution in [3.63, 3.8) is 0 Å². The van der Waals surface area contributed by atoms with Gasteiger partial charge >= 0.3 is 5.97 Å². The molecule has 1 unspecified atom stereocenters. The number of methoxy groups -OCH3 is 1. The molecule has 0 aromatic rings. The standard InChI is InChI=1S/C11H21NO3/c1-15-11(14)6-10(13)8-12-7-9-4-2-3-5-9/h9-10,12-13H,2-8H2,1H3. The molecule has 1 saturated carbocycles. The van der Waals surface area contributed by atoms with Crippen LogP contribution in [0.2, 0.25) is 0 Å². The van der Waals surface area contributed by atoms with Crippen LogP contribution in [0.1, 0.15) is 32.1 Å². The lowest BCUT2D eigenvalue weighted by Crippen LogP contribution is -2.31. The van der Waals surface area contributed by atoms with Crippen LogP contribution in [0.25, 0.3) is 0 Å². The number of esters is 1. The smallest absolute Gasteiger partial charge is 0.308 e. The zero-order chi connectivity index (χ0) is 11.1. The molecule has 4 heteroatoms. The number of carbonyl (C=O) groups excluding carboxylic acids is 1. The molecule has 0 heterocycles. The minimum absolute atomic E-state index is 0.0775. The van der Waals surface area contributed by atoms with E-state index < -0.39 is 6.10 Å². The molecular formula is C11H21NO3.